The smallest absolute Gasteiger partial charge is 0.265 e. The summed E-state index contributed by atoms with van der Waals surface area (Å²) in [5.41, 5.74) is 2.57. The first-order valence-electron chi connectivity index (χ1n) is 6.88. The maximum atomic E-state index is 12.8. The van der Waals surface area contributed by atoms with Crippen molar-refractivity contribution in [3.63, 3.8) is 0 Å². The highest BCUT2D eigenvalue weighted by Gasteiger charge is 2.12. The number of phenols is 1. The molecule has 1 aromatic heterocycles. The van der Waals surface area contributed by atoms with E-state index in [-0.39, 0.29) is 11.3 Å². The van der Waals surface area contributed by atoms with E-state index in [2.05, 4.69) is 4.98 Å². The predicted molar refractivity (Wildman–Crippen MR) is 88.2 cm³/mol. The number of hydrogen-bond acceptors (Lipinski definition) is 3. The average molecular weight is 315 g/mol. The van der Waals surface area contributed by atoms with Crippen molar-refractivity contribution in [3.05, 3.63) is 62.7 Å². The Morgan fingerprint density at radius 2 is 1.73 bits per heavy atom. The van der Waals surface area contributed by atoms with E-state index in [1.165, 1.54) is 0 Å². The van der Waals surface area contributed by atoms with Crippen LogP contribution in [0.1, 0.15) is 17.0 Å². The molecule has 0 aliphatic heterocycles. The molecule has 0 saturated carbocycles. The molecule has 112 valence electrons. The number of phenolic OH excluding ortho intramolecular Hbond substituents is 1. The Balaban J connectivity index is 2.37. The Hall–Kier alpha value is -2.33. The molecule has 2 aromatic carbocycles. The molecule has 1 N–H and O–H groups in total. The molecule has 3 aromatic rings. The fraction of sp³-hybridized carbons (Fsp3) is 0.176. The van der Waals surface area contributed by atoms with Crippen LogP contribution in [0.3, 0.4) is 0 Å². The van der Waals surface area contributed by atoms with Gasteiger partial charge < -0.3 is 5.11 Å². The van der Waals surface area contributed by atoms with E-state index in [1.807, 2.05) is 0 Å². The van der Waals surface area contributed by atoms with E-state index in [1.54, 1.807) is 55.7 Å². The quantitative estimate of drug-likeness (QED) is 0.745. The monoisotopic (exact) mass is 314 g/mol. The summed E-state index contributed by atoms with van der Waals surface area (Å²) in [5.74, 6) is 0.819. The molecule has 0 amide bonds. The summed E-state index contributed by atoms with van der Waals surface area (Å²) in [4.78, 5) is 17.3. The van der Waals surface area contributed by atoms with Crippen molar-refractivity contribution in [1.29, 1.82) is 0 Å². The maximum Gasteiger partial charge on any atom is 0.265 e. The molecule has 3 rings (SSSR count). The van der Waals surface area contributed by atoms with Gasteiger partial charge in [-0.15, -0.1) is 0 Å². The van der Waals surface area contributed by atoms with E-state index < -0.39 is 0 Å². The Morgan fingerprint density at radius 3 is 2.36 bits per heavy atom. The lowest BCUT2D eigenvalue weighted by Crippen LogP contribution is -2.22. The fourth-order valence-electron chi connectivity index (χ4n) is 2.64. The molecule has 22 heavy (non-hydrogen) atoms. The molecule has 0 aliphatic rings. The molecule has 0 bridgehead atoms. The van der Waals surface area contributed by atoms with Gasteiger partial charge >= 0.3 is 0 Å². The SMILES string of the molecule is Cc1cc(-n2c(C)nc3cc(Cl)ccc3c2=O)cc(C)c1O. The molecular weight excluding hydrogens is 300 g/mol. The maximum absolute atomic E-state index is 12.8. The third-order valence-electron chi connectivity index (χ3n) is 3.73. The van der Waals surface area contributed by atoms with Crippen molar-refractivity contribution in [3.8, 4) is 11.4 Å². The summed E-state index contributed by atoms with van der Waals surface area (Å²) in [5, 5.41) is 11.0. The lowest BCUT2D eigenvalue weighted by Gasteiger charge is -2.13. The Bertz CT molecular complexity index is 938. The third-order valence-corrected chi connectivity index (χ3v) is 3.97. The second-order valence-corrected chi connectivity index (χ2v) is 5.83. The number of halogens is 1. The van der Waals surface area contributed by atoms with Crippen molar-refractivity contribution < 1.29 is 5.11 Å². The standard InChI is InChI=1S/C17H15ClN2O2/c1-9-6-13(7-10(2)16(9)21)20-11(3)19-15-8-12(18)4-5-14(15)17(20)22/h4-8,21H,1-3H3. The number of aromatic nitrogens is 2. The van der Waals surface area contributed by atoms with Gasteiger partial charge in [-0.25, -0.2) is 4.98 Å². The third kappa shape index (κ3) is 2.25. The summed E-state index contributed by atoms with van der Waals surface area (Å²) < 4.78 is 1.55. The zero-order valence-electron chi connectivity index (χ0n) is 12.5. The molecule has 1 heterocycles. The van der Waals surface area contributed by atoms with Crippen LogP contribution in [0.4, 0.5) is 0 Å². The normalized spacial score (nSPS) is 11.1. The highest BCUT2D eigenvalue weighted by atomic mass is 35.5. The Labute approximate surface area is 132 Å². The van der Waals surface area contributed by atoms with Crippen molar-refractivity contribution in [2.45, 2.75) is 20.8 Å². The number of nitrogens with zero attached hydrogens (tertiary/aromatic N) is 2. The Morgan fingerprint density at radius 1 is 1.09 bits per heavy atom. The fourth-order valence-corrected chi connectivity index (χ4v) is 2.80. The second-order valence-electron chi connectivity index (χ2n) is 5.39. The van der Waals surface area contributed by atoms with Gasteiger partial charge in [-0.05, 0) is 62.2 Å². The summed E-state index contributed by atoms with van der Waals surface area (Å²) >= 11 is 5.96. The average Bonchev–Trinajstić information content (AvgIpc) is 2.44. The van der Waals surface area contributed by atoms with Crippen molar-refractivity contribution >= 4 is 22.5 Å². The molecule has 0 spiro atoms. The van der Waals surface area contributed by atoms with Crippen LogP contribution >= 0.6 is 11.6 Å². The van der Waals surface area contributed by atoms with Gasteiger partial charge in [-0.2, -0.15) is 0 Å². The van der Waals surface area contributed by atoms with E-state index in [0.717, 1.165) is 11.1 Å². The van der Waals surface area contributed by atoms with Crippen LogP contribution in [0, 0.1) is 20.8 Å². The number of fused-ring (bicyclic) bond motifs is 1. The van der Waals surface area contributed by atoms with Crippen LogP contribution in [0.25, 0.3) is 16.6 Å². The highest BCUT2D eigenvalue weighted by molar-refractivity contribution is 6.31. The van der Waals surface area contributed by atoms with Crippen LogP contribution in [0.5, 0.6) is 5.75 Å². The number of rotatable bonds is 1. The molecule has 0 unspecified atom stereocenters. The lowest BCUT2D eigenvalue weighted by atomic mass is 10.1. The largest absolute Gasteiger partial charge is 0.507 e. The summed E-state index contributed by atoms with van der Waals surface area (Å²) in [7, 11) is 0. The predicted octanol–water partition coefficient (Wildman–Crippen LogP) is 3.67. The first-order valence-corrected chi connectivity index (χ1v) is 7.26. The molecule has 0 saturated heterocycles. The van der Waals surface area contributed by atoms with Gasteiger partial charge in [0.1, 0.15) is 11.6 Å². The highest BCUT2D eigenvalue weighted by Crippen LogP contribution is 2.25. The number of aromatic hydroxyl groups is 1. The molecular formula is C17H15ClN2O2. The van der Waals surface area contributed by atoms with Crippen LogP contribution in [-0.2, 0) is 0 Å². The van der Waals surface area contributed by atoms with Crippen molar-refractivity contribution in [2.75, 3.05) is 0 Å². The minimum absolute atomic E-state index is 0.149. The first-order chi connectivity index (χ1) is 10.4. The van der Waals surface area contributed by atoms with Crippen molar-refractivity contribution in [2.24, 2.45) is 0 Å². The topological polar surface area (TPSA) is 55.1 Å². The molecule has 0 aliphatic carbocycles. The van der Waals surface area contributed by atoms with Gasteiger partial charge in [0, 0.05) is 5.02 Å². The molecule has 0 fully saturated rings. The number of aryl methyl sites for hydroxylation is 3. The number of hydrogen-bond donors (Lipinski definition) is 1. The molecule has 4 nitrogen and oxygen atoms in total. The van der Waals surface area contributed by atoms with Crippen LogP contribution in [0.15, 0.2) is 35.1 Å². The summed E-state index contributed by atoms with van der Waals surface area (Å²) in [6.07, 6.45) is 0. The molecule has 0 atom stereocenters. The van der Waals surface area contributed by atoms with E-state index in [9.17, 15) is 9.90 Å². The molecule has 0 radical (unpaired) electrons. The minimum Gasteiger partial charge on any atom is -0.507 e. The minimum atomic E-state index is -0.149. The summed E-state index contributed by atoms with van der Waals surface area (Å²) in [6.45, 7) is 5.39. The van der Waals surface area contributed by atoms with Crippen LogP contribution in [-0.4, -0.2) is 14.7 Å². The zero-order chi connectivity index (χ0) is 16.0. The van der Waals surface area contributed by atoms with E-state index in [4.69, 9.17) is 11.6 Å². The van der Waals surface area contributed by atoms with Crippen LogP contribution < -0.4 is 5.56 Å². The second kappa shape index (κ2) is 5.14. The van der Waals surface area contributed by atoms with Gasteiger partial charge in [-0.1, -0.05) is 11.6 Å². The van der Waals surface area contributed by atoms with Gasteiger partial charge in [0.15, 0.2) is 0 Å². The van der Waals surface area contributed by atoms with Crippen molar-refractivity contribution in [1.82, 2.24) is 9.55 Å². The van der Waals surface area contributed by atoms with E-state index >= 15 is 0 Å². The van der Waals surface area contributed by atoms with Gasteiger partial charge in [0.2, 0.25) is 0 Å². The van der Waals surface area contributed by atoms with Gasteiger partial charge in [0.05, 0.1) is 16.6 Å². The molecule has 5 heteroatoms. The lowest BCUT2D eigenvalue weighted by molar-refractivity contribution is 0.466. The Kier molecular flexibility index (Phi) is 3.41. The summed E-state index contributed by atoms with van der Waals surface area (Å²) in [6, 6.07) is 8.60. The van der Waals surface area contributed by atoms with Crippen LogP contribution in [0.2, 0.25) is 5.02 Å². The van der Waals surface area contributed by atoms with Gasteiger partial charge in [-0.3, -0.25) is 9.36 Å². The number of benzene rings is 2. The first kappa shape index (κ1) is 14.6. The zero-order valence-corrected chi connectivity index (χ0v) is 13.3. The van der Waals surface area contributed by atoms with E-state index in [0.29, 0.717) is 27.4 Å². The van der Waals surface area contributed by atoms with Gasteiger partial charge in [0.25, 0.3) is 5.56 Å².